The van der Waals surface area contributed by atoms with Gasteiger partial charge in [-0.25, -0.2) is 12.8 Å². The van der Waals surface area contributed by atoms with Crippen molar-refractivity contribution in [2.75, 3.05) is 26.2 Å². The summed E-state index contributed by atoms with van der Waals surface area (Å²) in [5, 5.41) is 2.74. The van der Waals surface area contributed by atoms with E-state index in [0.29, 0.717) is 36.7 Å². The lowest BCUT2D eigenvalue weighted by molar-refractivity contribution is -0.123. The van der Waals surface area contributed by atoms with Gasteiger partial charge in [0.1, 0.15) is 11.6 Å². The number of halogens is 1. The number of carbonyl (C=O) groups is 1. The number of carbonyl (C=O) groups excluding carboxylic acids is 1. The first kappa shape index (κ1) is 20.3. The predicted molar refractivity (Wildman–Crippen MR) is 103 cm³/mol. The van der Waals surface area contributed by atoms with Crippen LogP contribution in [0.5, 0.6) is 5.75 Å². The molecule has 1 heterocycles. The molecule has 0 radical (unpaired) electrons. The average molecular weight is 406 g/mol. The number of ether oxygens (including phenoxy) is 1. The number of benzene rings is 2. The van der Waals surface area contributed by atoms with Gasteiger partial charge in [-0.1, -0.05) is 12.1 Å². The van der Waals surface area contributed by atoms with Gasteiger partial charge in [0.25, 0.3) is 5.91 Å². The first-order valence-corrected chi connectivity index (χ1v) is 10.6. The van der Waals surface area contributed by atoms with Crippen molar-refractivity contribution in [1.29, 1.82) is 0 Å². The van der Waals surface area contributed by atoms with Crippen LogP contribution in [-0.2, 0) is 21.2 Å². The first-order chi connectivity index (χ1) is 13.4. The number of nitrogens with zero attached hydrogens (tertiary/aromatic N) is 1. The van der Waals surface area contributed by atoms with Crippen LogP contribution in [0.15, 0.2) is 53.4 Å². The fraction of sp³-hybridized carbons (Fsp3) is 0.350. The summed E-state index contributed by atoms with van der Waals surface area (Å²) < 4.78 is 44.6. The molecule has 0 bridgehead atoms. The molecule has 0 aromatic heterocycles. The molecule has 28 heavy (non-hydrogen) atoms. The van der Waals surface area contributed by atoms with Gasteiger partial charge >= 0.3 is 0 Å². The normalized spacial score (nSPS) is 14.8. The fourth-order valence-electron chi connectivity index (χ4n) is 2.98. The molecule has 0 spiro atoms. The third-order valence-corrected chi connectivity index (χ3v) is 6.46. The molecular formula is C20H23FN2O4S. The zero-order chi connectivity index (χ0) is 20.0. The van der Waals surface area contributed by atoms with Crippen molar-refractivity contribution in [3.63, 3.8) is 0 Å². The number of rotatable bonds is 8. The maximum atomic E-state index is 12.8. The van der Waals surface area contributed by atoms with Crippen LogP contribution in [0.4, 0.5) is 4.39 Å². The molecule has 1 aliphatic rings. The van der Waals surface area contributed by atoms with E-state index in [1.165, 1.54) is 28.6 Å². The van der Waals surface area contributed by atoms with Gasteiger partial charge in [-0.2, -0.15) is 4.31 Å². The molecule has 0 unspecified atom stereocenters. The SMILES string of the molecule is O=C(COc1ccc(F)cc1)NCCc1ccc(S(=O)(=O)N2CCCC2)cc1. The summed E-state index contributed by atoms with van der Waals surface area (Å²) >= 11 is 0. The first-order valence-electron chi connectivity index (χ1n) is 9.19. The summed E-state index contributed by atoms with van der Waals surface area (Å²) in [4.78, 5) is 12.1. The highest BCUT2D eigenvalue weighted by molar-refractivity contribution is 7.89. The third kappa shape index (κ3) is 5.30. The van der Waals surface area contributed by atoms with E-state index in [2.05, 4.69) is 5.32 Å². The highest BCUT2D eigenvalue weighted by Crippen LogP contribution is 2.21. The standard InChI is InChI=1S/C20H23FN2O4S/c21-17-5-7-18(8-6-17)27-15-20(24)22-12-11-16-3-9-19(10-4-16)28(25,26)23-13-1-2-14-23/h3-10H,1-2,11-15H2,(H,22,24). The van der Waals surface area contributed by atoms with E-state index in [0.717, 1.165) is 18.4 Å². The van der Waals surface area contributed by atoms with Gasteiger partial charge in [-0.15, -0.1) is 0 Å². The minimum absolute atomic E-state index is 0.154. The largest absolute Gasteiger partial charge is 0.484 e. The van der Waals surface area contributed by atoms with Crippen LogP contribution in [0.1, 0.15) is 18.4 Å². The van der Waals surface area contributed by atoms with E-state index in [-0.39, 0.29) is 18.3 Å². The Morgan fingerprint density at radius 1 is 1.04 bits per heavy atom. The van der Waals surface area contributed by atoms with Crippen molar-refractivity contribution in [3.05, 3.63) is 59.9 Å². The monoisotopic (exact) mass is 406 g/mol. The van der Waals surface area contributed by atoms with E-state index >= 15 is 0 Å². The quantitative estimate of drug-likeness (QED) is 0.730. The Bertz CT molecular complexity index is 893. The summed E-state index contributed by atoms with van der Waals surface area (Å²) in [5.74, 6) is -0.222. The lowest BCUT2D eigenvalue weighted by Gasteiger charge is -2.15. The Hall–Kier alpha value is -2.45. The molecule has 0 saturated carbocycles. The highest BCUT2D eigenvalue weighted by Gasteiger charge is 2.26. The van der Waals surface area contributed by atoms with Crippen LogP contribution >= 0.6 is 0 Å². The molecular weight excluding hydrogens is 383 g/mol. The highest BCUT2D eigenvalue weighted by atomic mass is 32.2. The molecule has 2 aromatic carbocycles. The van der Waals surface area contributed by atoms with Crippen molar-refractivity contribution in [2.24, 2.45) is 0 Å². The molecule has 1 fully saturated rings. The van der Waals surface area contributed by atoms with Crippen LogP contribution in [-0.4, -0.2) is 44.9 Å². The van der Waals surface area contributed by atoms with Crippen molar-refractivity contribution in [2.45, 2.75) is 24.2 Å². The number of hydrogen-bond acceptors (Lipinski definition) is 4. The zero-order valence-electron chi connectivity index (χ0n) is 15.4. The van der Waals surface area contributed by atoms with Crippen molar-refractivity contribution in [3.8, 4) is 5.75 Å². The fourth-order valence-corrected chi connectivity index (χ4v) is 4.50. The van der Waals surface area contributed by atoms with Crippen LogP contribution < -0.4 is 10.1 Å². The van der Waals surface area contributed by atoms with E-state index in [9.17, 15) is 17.6 Å². The van der Waals surface area contributed by atoms with E-state index < -0.39 is 10.0 Å². The minimum atomic E-state index is -3.40. The number of sulfonamides is 1. The number of amides is 1. The third-order valence-electron chi connectivity index (χ3n) is 4.55. The minimum Gasteiger partial charge on any atom is -0.484 e. The van der Waals surface area contributed by atoms with Gasteiger partial charge < -0.3 is 10.1 Å². The molecule has 2 aromatic rings. The second-order valence-electron chi connectivity index (χ2n) is 6.60. The molecule has 1 N–H and O–H groups in total. The molecule has 8 heteroatoms. The molecule has 3 rings (SSSR count). The Balaban J connectivity index is 1.43. The van der Waals surface area contributed by atoms with Gasteiger partial charge in [0.15, 0.2) is 6.61 Å². The van der Waals surface area contributed by atoms with Crippen LogP contribution in [0, 0.1) is 5.82 Å². The maximum absolute atomic E-state index is 12.8. The molecule has 0 atom stereocenters. The van der Waals surface area contributed by atoms with Gasteiger partial charge in [-0.3, -0.25) is 4.79 Å². The van der Waals surface area contributed by atoms with Gasteiger partial charge in [0.2, 0.25) is 10.0 Å². The average Bonchev–Trinajstić information content (AvgIpc) is 3.24. The van der Waals surface area contributed by atoms with Gasteiger partial charge in [-0.05, 0) is 61.2 Å². The summed E-state index contributed by atoms with van der Waals surface area (Å²) in [6.07, 6.45) is 2.39. The van der Waals surface area contributed by atoms with Gasteiger partial charge in [0, 0.05) is 19.6 Å². The summed E-state index contributed by atoms with van der Waals surface area (Å²) in [6.45, 7) is 1.41. The molecule has 6 nitrogen and oxygen atoms in total. The zero-order valence-corrected chi connectivity index (χ0v) is 16.3. The Morgan fingerprint density at radius 2 is 1.68 bits per heavy atom. The van der Waals surface area contributed by atoms with E-state index in [4.69, 9.17) is 4.74 Å². The lowest BCUT2D eigenvalue weighted by atomic mass is 10.1. The maximum Gasteiger partial charge on any atom is 0.257 e. The number of hydrogen-bond donors (Lipinski definition) is 1. The summed E-state index contributed by atoms with van der Waals surface area (Å²) in [5.41, 5.74) is 0.931. The molecule has 1 amide bonds. The van der Waals surface area contributed by atoms with E-state index in [1.807, 2.05) is 0 Å². The summed E-state index contributed by atoms with van der Waals surface area (Å²) in [6, 6.07) is 12.2. The van der Waals surface area contributed by atoms with Crippen LogP contribution in [0.25, 0.3) is 0 Å². The number of nitrogens with one attached hydrogen (secondary N) is 1. The van der Waals surface area contributed by atoms with Crippen LogP contribution in [0.2, 0.25) is 0 Å². The molecule has 150 valence electrons. The molecule has 1 aliphatic heterocycles. The van der Waals surface area contributed by atoms with Crippen LogP contribution in [0.3, 0.4) is 0 Å². The van der Waals surface area contributed by atoms with Gasteiger partial charge in [0.05, 0.1) is 4.90 Å². The van der Waals surface area contributed by atoms with Crippen molar-refractivity contribution < 1.29 is 22.3 Å². The second kappa shape index (κ2) is 9.16. The smallest absolute Gasteiger partial charge is 0.257 e. The Labute approximate surface area is 164 Å². The Morgan fingerprint density at radius 3 is 2.32 bits per heavy atom. The molecule has 1 saturated heterocycles. The second-order valence-corrected chi connectivity index (χ2v) is 8.54. The predicted octanol–water partition coefficient (Wildman–Crippen LogP) is 2.35. The summed E-state index contributed by atoms with van der Waals surface area (Å²) in [7, 11) is -3.40. The molecule has 0 aliphatic carbocycles. The van der Waals surface area contributed by atoms with Crippen molar-refractivity contribution >= 4 is 15.9 Å². The Kier molecular flexibility index (Phi) is 6.64. The lowest BCUT2D eigenvalue weighted by Crippen LogP contribution is -2.30. The van der Waals surface area contributed by atoms with E-state index in [1.54, 1.807) is 24.3 Å². The van der Waals surface area contributed by atoms with Crippen molar-refractivity contribution in [1.82, 2.24) is 9.62 Å². The topological polar surface area (TPSA) is 75.7 Å².